The van der Waals surface area contributed by atoms with E-state index in [1.165, 1.54) is 0 Å². The van der Waals surface area contributed by atoms with Crippen LogP contribution in [-0.4, -0.2) is 30.3 Å². The predicted molar refractivity (Wildman–Crippen MR) is 56.8 cm³/mol. The van der Waals surface area contributed by atoms with Crippen molar-refractivity contribution in [1.29, 1.82) is 0 Å². The van der Waals surface area contributed by atoms with Gasteiger partial charge in [-0.1, -0.05) is 5.57 Å². The number of nitrogens with zero attached hydrogens (tertiary/aromatic N) is 1. The molecule has 2 nitrogen and oxygen atoms in total. The van der Waals surface area contributed by atoms with Gasteiger partial charge in [0.1, 0.15) is 0 Å². The maximum Gasteiger partial charge on any atom is 0.152 e. The zero-order valence-corrected chi connectivity index (χ0v) is 9.48. The van der Waals surface area contributed by atoms with E-state index >= 15 is 0 Å². The van der Waals surface area contributed by atoms with Crippen molar-refractivity contribution in [2.75, 3.05) is 14.1 Å². The number of likely N-dealkylation sites (N-methyl/N-ethyl adjacent to an activating group) is 1. The van der Waals surface area contributed by atoms with E-state index < -0.39 is 0 Å². The molecule has 76 valence electrons. The average molecular weight is 183 g/mol. The molecule has 0 aliphatic rings. The van der Waals surface area contributed by atoms with E-state index in [1.807, 2.05) is 39.8 Å². The zero-order valence-electron chi connectivity index (χ0n) is 9.48. The molecule has 0 aromatic carbocycles. The Morgan fingerprint density at radius 1 is 1.31 bits per heavy atom. The third-order valence-corrected chi connectivity index (χ3v) is 2.58. The summed E-state index contributed by atoms with van der Waals surface area (Å²) in [5.74, 6) is 0.278. The smallest absolute Gasteiger partial charge is 0.152 e. The molecule has 0 saturated heterocycles. The second-order valence-corrected chi connectivity index (χ2v) is 4.33. The van der Waals surface area contributed by atoms with Crippen LogP contribution in [0.5, 0.6) is 0 Å². The summed E-state index contributed by atoms with van der Waals surface area (Å²) < 4.78 is 0. The first kappa shape index (κ1) is 12.4. The highest BCUT2D eigenvalue weighted by atomic mass is 16.1. The van der Waals surface area contributed by atoms with Crippen molar-refractivity contribution in [3.8, 4) is 0 Å². The highest BCUT2D eigenvalue weighted by Crippen LogP contribution is 2.16. The normalized spacial score (nSPS) is 11.8. The number of hydrogen-bond donors (Lipinski definition) is 0. The average Bonchev–Trinajstić information content (AvgIpc) is 1.99. The molecule has 0 aromatic heterocycles. The van der Waals surface area contributed by atoms with Crippen LogP contribution in [0.25, 0.3) is 0 Å². The molecule has 13 heavy (non-hydrogen) atoms. The van der Waals surface area contributed by atoms with Crippen LogP contribution in [0.2, 0.25) is 0 Å². The molecular weight excluding hydrogens is 162 g/mol. The van der Waals surface area contributed by atoms with Gasteiger partial charge in [0.05, 0.1) is 5.54 Å². The van der Waals surface area contributed by atoms with Crippen LogP contribution in [-0.2, 0) is 4.79 Å². The standard InChI is InChI=1S/C11H21NO/c1-9(2)7-8-10(13)11(3,4)12(5)6/h1,7-8H2,2-6H3. The second-order valence-electron chi connectivity index (χ2n) is 4.33. The summed E-state index contributed by atoms with van der Waals surface area (Å²) in [6.07, 6.45) is 1.40. The van der Waals surface area contributed by atoms with Gasteiger partial charge in [0, 0.05) is 6.42 Å². The summed E-state index contributed by atoms with van der Waals surface area (Å²) in [5, 5.41) is 0. The van der Waals surface area contributed by atoms with Crippen LogP contribution >= 0.6 is 0 Å². The van der Waals surface area contributed by atoms with Gasteiger partial charge in [-0.2, -0.15) is 0 Å². The molecule has 0 bridgehead atoms. The quantitative estimate of drug-likeness (QED) is 0.609. The van der Waals surface area contributed by atoms with Gasteiger partial charge in [-0.05, 0) is 41.3 Å². The third-order valence-electron chi connectivity index (χ3n) is 2.58. The monoisotopic (exact) mass is 183 g/mol. The van der Waals surface area contributed by atoms with Gasteiger partial charge in [0.15, 0.2) is 5.78 Å². The van der Waals surface area contributed by atoms with Gasteiger partial charge in [0.25, 0.3) is 0 Å². The number of ketones is 1. The van der Waals surface area contributed by atoms with Gasteiger partial charge in [-0.25, -0.2) is 0 Å². The Hall–Kier alpha value is -0.630. The second kappa shape index (κ2) is 4.56. The number of hydrogen-bond acceptors (Lipinski definition) is 2. The van der Waals surface area contributed by atoms with E-state index in [-0.39, 0.29) is 11.3 Å². The molecular formula is C11H21NO. The van der Waals surface area contributed by atoms with Crippen LogP contribution < -0.4 is 0 Å². The number of allylic oxidation sites excluding steroid dienone is 1. The Balaban J connectivity index is 4.18. The Morgan fingerprint density at radius 3 is 2.08 bits per heavy atom. The van der Waals surface area contributed by atoms with Crippen LogP contribution in [0, 0.1) is 0 Å². The van der Waals surface area contributed by atoms with Gasteiger partial charge in [-0.3, -0.25) is 9.69 Å². The van der Waals surface area contributed by atoms with Crippen LogP contribution in [0.3, 0.4) is 0 Å². The zero-order chi connectivity index (χ0) is 10.6. The first-order valence-corrected chi connectivity index (χ1v) is 4.63. The summed E-state index contributed by atoms with van der Waals surface area (Å²) in [4.78, 5) is 13.7. The van der Waals surface area contributed by atoms with E-state index in [4.69, 9.17) is 0 Å². The predicted octanol–water partition coefficient (Wildman–Crippen LogP) is 2.25. The maximum atomic E-state index is 11.7. The van der Waals surface area contributed by atoms with E-state index in [0.29, 0.717) is 6.42 Å². The van der Waals surface area contributed by atoms with Crippen molar-refractivity contribution in [1.82, 2.24) is 4.90 Å². The van der Waals surface area contributed by atoms with Crippen molar-refractivity contribution < 1.29 is 4.79 Å². The molecule has 0 amide bonds. The molecule has 0 aliphatic carbocycles. The topological polar surface area (TPSA) is 20.3 Å². The van der Waals surface area contributed by atoms with Crippen LogP contribution in [0.15, 0.2) is 12.2 Å². The van der Waals surface area contributed by atoms with Crippen LogP contribution in [0.4, 0.5) is 0 Å². The molecule has 0 N–H and O–H groups in total. The van der Waals surface area contributed by atoms with Gasteiger partial charge >= 0.3 is 0 Å². The highest BCUT2D eigenvalue weighted by molar-refractivity contribution is 5.87. The Bertz CT molecular complexity index is 204. The van der Waals surface area contributed by atoms with E-state index in [2.05, 4.69) is 6.58 Å². The molecule has 0 radical (unpaired) electrons. The first-order valence-electron chi connectivity index (χ1n) is 4.63. The molecule has 0 saturated carbocycles. The summed E-state index contributed by atoms with van der Waals surface area (Å²) in [6, 6.07) is 0. The maximum absolute atomic E-state index is 11.7. The summed E-state index contributed by atoms with van der Waals surface area (Å²) >= 11 is 0. The summed E-state index contributed by atoms with van der Waals surface area (Å²) in [6.45, 7) is 9.65. The highest BCUT2D eigenvalue weighted by Gasteiger charge is 2.28. The van der Waals surface area contributed by atoms with Crippen molar-refractivity contribution in [2.45, 2.75) is 39.2 Å². The number of carbonyl (C=O) groups is 1. The molecule has 0 aromatic rings. The van der Waals surface area contributed by atoms with E-state index in [0.717, 1.165) is 12.0 Å². The molecule has 0 spiro atoms. The molecule has 0 atom stereocenters. The minimum atomic E-state index is -0.352. The molecule has 0 heterocycles. The fraction of sp³-hybridized carbons (Fsp3) is 0.727. The van der Waals surface area contributed by atoms with Crippen molar-refractivity contribution in [3.05, 3.63) is 12.2 Å². The molecule has 0 unspecified atom stereocenters. The Kier molecular flexibility index (Phi) is 4.34. The number of carbonyl (C=O) groups excluding carboxylic acids is 1. The van der Waals surface area contributed by atoms with Gasteiger partial charge in [-0.15, -0.1) is 6.58 Å². The fourth-order valence-corrected chi connectivity index (χ4v) is 0.882. The summed E-state index contributed by atoms with van der Waals surface area (Å²) in [7, 11) is 3.86. The molecule has 0 fully saturated rings. The minimum Gasteiger partial charge on any atom is -0.298 e. The van der Waals surface area contributed by atoms with Crippen molar-refractivity contribution >= 4 is 5.78 Å². The van der Waals surface area contributed by atoms with Crippen molar-refractivity contribution in [3.63, 3.8) is 0 Å². The molecule has 0 aliphatic heterocycles. The Labute approximate surface area is 81.6 Å². The summed E-state index contributed by atoms with van der Waals surface area (Å²) in [5.41, 5.74) is 0.720. The van der Waals surface area contributed by atoms with Crippen molar-refractivity contribution in [2.24, 2.45) is 0 Å². The largest absolute Gasteiger partial charge is 0.298 e. The fourth-order valence-electron chi connectivity index (χ4n) is 0.882. The lowest BCUT2D eigenvalue weighted by atomic mass is 9.93. The molecule has 2 heteroatoms. The van der Waals surface area contributed by atoms with Gasteiger partial charge < -0.3 is 0 Å². The first-order chi connectivity index (χ1) is 5.78. The lowest BCUT2D eigenvalue weighted by Gasteiger charge is -2.30. The van der Waals surface area contributed by atoms with E-state index in [1.54, 1.807) is 0 Å². The van der Waals surface area contributed by atoms with E-state index in [9.17, 15) is 4.79 Å². The lowest BCUT2D eigenvalue weighted by molar-refractivity contribution is -0.127. The SMILES string of the molecule is C=C(C)CCC(=O)C(C)(C)N(C)C. The number of rotatable bonds is 5. The van der Waals surface area contributed by atoms with Gasteiger partial charge in [0.2, 0.25) is 0 Å². The van der Waals surface area contributed by atoms with Crippen LogP contribution in [0.1, 0.15) is 33.6 Å². The third kappa shape index (κ3) is 3.73. The lowest BCUT2D eigenvalue weighted by Crippen LogP contribution is -2.45. The minimum absolute atomic E-state index is 0.278. The molecule has 0 rings (SSSR count). The number of Topliss-reactive ketones (excluding diaryl/α,β-unsaturated/α-hetero) is 1. The Morgan fingerprint density at radius 2 is 1.77 bits per heavy atom.